The average molecular weight is 421 g/mol. The van der Waals surface area contributed by atoms with Gasteiger partial charge in [-0.3, -0.25) is 19.1 Å². The van der Waals surface area contributed by atoms with Crippen molar-refractivity contribution in [1.29, 1.82) is 0 Å². The number of ether oxygens (including phenoxy) is 2. The van der Waals surface area contributed by atoms with Crippen LogP contribution < -0.4 is 16.6 Å². The summed E-state index contributed by atoms with van der Waals surface area (Å²) in [4.78, 5) is 36.4. The Labute approximate surface area is 163 Å². The van der Waals surface area contributed by atoms with Gasteiger partial charge in [0.1, 0.15) is 12.3 Å². The number of carbonyl (C=O) groups excluding carboxylic acids is 1. The Balaban J connectivity index is 1.88. The topological polar surface area (TPSA) is 123 Å². The van der Waals surface area contributed by atoms with Crippen molar-refractivity contribution in [3.8, 4) is 0 Å². The van der Waals surface area contributed by atoms with Crippen molar-refractivity contribution in [1.82, 2.24) is 14.9 Å². The maximum Gasteiger partial charge on any atom is 0.471 e. The van der Waals surface area contributed by atoms with Gasteiger partial charge in [0.15, 0.2) is 0 Å². The van der Waals surface area contributed by atoms with Crippen molar-refractivity contribution in [2.75, 3.05) is 19.8 Å². The van der Waals surface area contributed by atoms with E-state index in [1.165, 1.54) is 17.7 Å². The van der Waals surface area contributed by atoms with Crippen LogP contribution in [-0.4, -0.2) is 58.7 Å². The number of rotatable bonds is 8. The van der Waals surface area contributed by atoms with E-state index in [4.69, 9.17) is 9.47 Å². The molecule has 29 heavy (non-hydrogen) atoms. The van der Waals surface area contributed by atoms with Gasteiger partial charge in [-0.05, 0) is 13.3 Å². The Hall–Kier alpha value is -2.44. The highest BCUT2D eigenvalue weighted by Crippen LogP contribution is 2.30. The molecule has 12 heteroatoms. The van der Waals surface area contributed by atoms with Crippen molar-refractivity contribution < 1.29 is 32.5 Å². The lowest BCUT2D eigenvalue weighted by molar-refractivity contribution is -0.173. The van der Waals surface area contributed by atoms with E-state index >= 15 is 0 Å². The fraction of sp³-hybridized carbons (Fsp3) is 0.588. The van der Waals surface area contributed by atoms with Crippen LogP contribution in [0.2, 0.25) is 0 Å². The molecule has 0 spiro atoms. The number of carbonyl (C=O) groups is 1. The number of nitrogens with zero attached hydrogens (tertiary/aromatic N) is 1. The number of nitrogens with one attached hydrogen (secondary N) is 2. The second-order valence-electron chi connectivity index (χ2n) is 6.63. The quantitative estimate of drug-likeness (QED) is 0.513. The maximum atomic E-state index is 12.1. The zero-order chi connectivity index (χ0) is 21.8. The van der Waals surface area contributed by atoms with E-state index in [1.807, 2.05) is 0 Å². The van der Waals surface area contributed by atoms with E-state index in [2.05, 4.69) is 11.6 Å². The molecule has 1 aliphatic rings. The summed E-state index contributed by atoms with van der Waals surface area (Å²) >= 11 is 0. The molecule has 162 valence electrons. The van der Waals surface area contributed by atoms with Crippen molar-refractivity contribution in [2.45, 2.75) is 44.4 Å². The van der Waals surface area contributed by atoms with Crippen LogP contribution in [0.5, 0.6) is 0 Å². The number of H-pyrrole nitrogens is 1. The minimum atomic E-state index is -4.94. The van der Waals surface area contributed by atoms with E-state index in [0.717, 1.165) is 0 Å². The van der Waals surface area contributed by atoms with Gasteiger partial charge in [-0.1, -0.05) is 12.2 Å². The Morgan fingerprint density at radius 1 is 1.48 bits per heavy atom. The highest BCUT2D eigenvalue weighted by molar-refractivity contribution is 5.81. The summed E-state index contributed by atoms with van der Waals surface area (Å²) in [5.41, 5.74) is -0.422. The summed E-state index contributed by atoms with van der Waals surface area (Å²) < 4.78 is 48.8. The third-order valence-electron chi connectivity index (χ3n) is 4.34. The smallest absolute Gasteiger partial charge is 0.394 e. The first-order valence-electron chi connectivity index (χ1n) is 8.74. The molecule has 0 bridgehead atoms. The first-order valence-corrected chi connectivity index (χ1v) is 8.74. The molecule has 2 rings (SSSR count). The van der Waals surface area contributed by atoms with Crippen LogP contribution in [0, 0.1) is 6.92 Å². The summed E-state index contributed by atoms with van der Waals surface area (Å²) in [5.74, 6) is -2.03. The molecule has 1 amide bonds. The minimum Gasteiger partial charge on any atom is -0.394 e. The first-order chi connectivity index (χ1) is 13.5. The molecule has 0 aromatic carbocycles. The molecule has 1 fully saturated rings. The fourth-order valence-corrected chi connectivity index (χ4v) is 2.76. The van der Waals surface area contributed by atoms with Gasteiger partial charge in [-0.15, -0.1) is 0 Å². The Kier molecular flexibility index (Phi) is 7.38. The zero-order valence-corrected chi connectivity index (χ0v) is 15.6. The third-order valence-corrected chi connectivity index (χ3v) is 4.34. The molecule has 1 aromatic rings. The number of hydrogen-bond acceptors (Lipinski definition) is 6. The van der Waals surface area contributed by atoms with E-state index in [1.54, 1.807) is 5.32 Å². The van der Waals surface area contributed by atoms with Crippen LogP contribution in [0.4, 0.5) is 13.2 Å². The van der Waals surface area contributed by atoms with Crippen LogP contribution in [0.25, 0.3) is 0 Å². The molecular formula is C17H22F3N3O6. The number of halogens is 3. The molecule has 0 saturated carbocycles. The summed E-state index contributed by atoms with van der Waals surface area (Å²) in [5, 5.41) is 11.2. The van der Waals surface area contributed by atoms with E-state index in [0.29, 0.717) is 11.1 Å². The predicted molar refractivity (Wildman–Crippen MR) is 94.2 cm³/mol. The minimum absolute atomic E-state index is 0.0291. The summed E-state index contributed by atoms with van der Waals surface area (Å²) in [6, 6.07) is 0. The van der Waals surface area contributed by atoms with Gasteiger partial charge in [0.25, 0.3) is 5.56 Å². The lowest BCUT2D eigenvalue weighted by atomic mass is 10.1. The molecule has 0 radical (unpaired) electrons. The van der Waals surface area contributed by atoms with Crippen LogP contribution in [0.15, 0.2) is 27.9 Å². The second-order valence-corrected chi connectivity index (χ2v) is 6.63. The Morgan fingerprint density at radius 3 is 2.79 bits per heavy atom. The molecule has 1 aromatic heterocycles. The number of alkyl halides is 3. The maximum absolute atomic E-state index is 12.1. The standard InChI is InChI=1S/C17H22F3N3O6/c1-9(3-4-21-15(26)17(18,19)20)8-28-11-5-13(29-12(11)7-24)23-6-10(2)14(25)22-16(23)27/h6,11-13,24H,1,3-5,7-8H2,2H3,(H,21,26)(H,22,25,27). The van der Waals surface area contributed by atoms with Crippen LogP contribution in [0.3, 0.4) is 0 Å². The molecule has 1 saturated heterocycles. The van der Waals surface area contributed by atoms with Gasteiger partial charge in [-0.2, -0.15) is 13.2 Å². The number of aryl methyl sites for hydroxylation is 1. The molecule has 3 atom stereocenters. The van der Waals surface area contributed by atoms with Crippen LogP contribution >= 0.6 is 0 Å². The Bertz CT molecular complexity index is 863. The molecular weight excluding hydrogens is 399 g/mol. The van der Waals surface area contributed by atoms with Crippen LogP contribution in [-0.2, 0) is 14.3 Å². The summed E-state index contributed by atoms with van der Waals surface area (Å²) in [6.07, 6.45) is -5.43. The lowest BCUT2D eigenvalue weighted by Crippen LogP contribution is -2.37. The summed E-state index contributed by atoms with van der Waals surface area (Å²) in [7, 11) is 0. The SMILES string of the molecule is C=C(CCNC(=O)C(F)(F)F)COC1CC(n2cc(C)c(=O)[nH]c2=O)OC1CO. The van der Waals surface area contributed by atoms with Crippen molar-refractivity contribution >= 4 is 5.91 Å². The first kappa shape index (κ1) is 22.8. The molecule has 9 nitrogen and oxygen atoms in total. The second kappa shape index (κ2) is 9.37. The average Bonchev–Trinajstić information content (AvgIpc) is 3.05. The normalized spacial score (nSPS) is 21.9. The number of hydrogen-bond donors (Lipinski definition) is 3. The van der Waals surface area contributed by atoms with Crippen molar-refractivity contribution in [3.05, 3.63) is 44.8 Å². The van der Waals surface area contributed by atoms with Crippen molar-refractivity contribution in [3.63, 3.8) is 0 Å². The van der Waals surface area contributed by atoms with Gasteiger partial charge >= 0.3 is 17.8 Å². The molecule has 3 N–H and O–H groups in total. The molecule has 2 heterocycles. The van der Waals surface area contributed by atoms with Gasteiger partial charge in [0.2, 0.25) is 0 Å². The molecule has 0 aliphatic carbocycles. The van der Waals surface area contributed by atoms with Crippen molar-refractivity contribution in [2.24, 2.45) is 0 Å². The van der Waals surface area contributed by atoms with Gasteiger partial charge in [-0.25, -0.2) is 4.79 Å². The van der Waals surface area contributed by atoms with Gasteiger partial charge < -0.3 is 19.9 Å². The zero-order valence-electron chi connectivity index (χ0n) is 15.6. The predicted octanol–water partition coefficient (Wildman–Crippen LogP) is 0.135. The van der Waals surface area contributed by atoms with Gasteiger partial charge in [0, 0.05) is 24.7 Å². The third kappa shape index (κ3) is 6.02. The number of aliphatic hydroxyl groups is 1. The largest absolute Gasteiger partial charge is 0.471 e. The summed E-state index contributed by atoms with van der Waals surface area (Å²) in [6.45, 7) is 4.55. The fourth-order valence-electron chi connectivity index (χ4n) is 2.76. The number of aromatic nitrogens is 2. The molecule has 1 aliphatic heterocycles. The highest BCUT2D eigenvalue weighted by Gasteiger charge is 2.38. The molecule has 3 unspecified atom stereocenters. The Morgan fingerprint density at radius 2 is 2.17 bits per heavy atom. The van der Waals surface area contributed by atoms with Crippen LogP contribution in [0.1, 0.15) is 24.6 Å². The number of amides is 1. The number of aliphatic hydroxyl groups excluding tert-OH is 1. The van der Waals surface area contributed by atoms with Gasteiger partial charge in [0.05, 0.1) is 19.3 Å². The lowest BCUT2D eigenvalue weighted by Gasteiger charge is -2.17. The number of aromatic amines is 1. The highest BCUT2D eigenvalue weighted by atomic mass is 19.4. The van der Waals surface area contributed by atoms with E-state index in [-0.39, 0.29) is 32.6 Å². The van der Waals surface area contributed by atoms with E-state index < -0.39 is 41.8 Å². The monoisotopic (exact) mass is 421 g/mol. The van der Waals surface area contributed by atoms with E-state index in [9.17, 15) is 32.7 Å².